The second-order valence-electron chi connectivity index (χ2n) is 8.01. The van der Waals surface area contributed by atoms with Gasteiger partial charge in [0.25, 0.3) is 0 Å². The summed E-state index contributed by atoms with van der Waals surface area (Å²) in [5, 5.41) is 7.16. The van der Waals surface area contributed by atoms with Gasteiger partial charge < -0.3 is 29.0 Å². The van der Waals surface area contributed by atoms with E-state index in [1.807, 2.05) is 69.3 Å². The summed E-state index contributed by atoms with van der Waals surface area (Å²) in [6.07, 6.45) is -0.449. The van der Waals surface area contributed by atoms with Crippen molar-refractivity contribution in [2.24, 2.45) is 0 Å². The van der Waals surface area contributed by atoms with Gasteiger partial charge in [-0.15, -0.1) is 0 Å². The number of anilines is 1. The van der Waals surface area contributed by atoms with Gasteiger partial charge >= 0.3 is 12.1 Å². The van der Waals surface area contributed by atoms with E-state index in [0.29, 0.717) is 5.76 Å². The minimum Gasteiger partial charge on any atom is -0.465 e. The van der Waals surface area contributed by atoms with Gasteiger partial charge in [0.1, 0.15) is 23.6 Å². The lowest BCUT2D eigenvalue weighted by Crippen LogP contribution is -2.65. The molecule has 1 amide bonds. The predicted octanol–water partition coefficient (Wildman–Crippen LogP) is 4.06. The van der Waals surface area contributed by atoms with Crippen LogP contribution in [-0.4, -0.2) is 62.8 Å². The Bertz CT molecular complexity index is 1160. The van der Waals surface area contributed by atoms with Crippen LogP contribution in [0, 0.1) is 6.92 Å². The summed E-state index contributed by atoms with van der Waals surface area (Å²) in [4.78, 5) is 34.1. The first kappa shape index (κ1) is 25.5. The van der Waals surface area contributed by atoms with E-state index in [-0.39, 0.29) is 25.7 Å². The number of nitrogens with zero attached hydrogens (tertiary/aromatic N) is 2. The molecule has 1 aliphatic heterocycles. The number of hydrogen-bond acceptors (Lipinski definition) is 8. The lowest BCUT2D eigenvalue weighted by Gasteiger charge is -2.47. The van der Waals surface area contributed by atoms with E-state index in [1.54, 1.807) is 6.92 Å². The van der Waals surface area contributed by atoms with Crippen molar-refractivity contribution in [1.29, 1.82) is 0 Å². The molecule has 4 rings (SSSR count). The number of benzene rings is 2. The number of nitrogens with one attached hydrogen (secondary N) is 1. The Hall–Kier alpha value is -4.14. The van der Waals surface area contributed by atoms with Gasteiger partial charge in [-0.25, -0.2) is 4.79 Å². The van der Waals surface area contributed by atoms with E-state index in [9.17, 15) is 9.59 Å². The van der Waals surface area contributed by atoms with E-state index in [0.717, 1.165) is 33.6 Å². The summed E-state index contributed by atoms with van der Waals surface area (Å²) in [6, 6.07) is 15.8. The Morgan fingerprint density at radius 2 is 1.60 bits per heavy atom. The van der Waals surface area contributed by atoms with Crippen LogP contribution in [0.25, 0.3) is 22.5 Å². The molecule has 184 valence electrons. The van der Waals surface area contributed by atoms with Crippen LogP contribution < -0.4 is 5.32 Å². The molecule has 2 aromatic carbocycles. The predicted molar refractivity (Wildman–Crippen MR) is 131 cm³/mol. The van der Waals surface area contributed by atoms with Crippen molar-refractivity contribution in [3.63, 3.8) is 0 Å². The second-order valence-corrected chi connectivity index (χ2v) is 8.01. The minimum atomic E-state index is -0.875. The van der Waals surface area contributed by atoms with Crippen molar-refractivity contribution in [3.05, 3.63) is 59.8 Å². The number of hydrogen-bond donors (Lipinski definition) is 1. The van der Waals surface area contributed by atoms with E-state index in [4.69, 9.17) is 18.8 Å². The maximum atomic E-state index is 12.8. The molecule has 0 aliphatic carbocycles. The van der Waals surface area contributed by atoms with Gasteiger partial charge in [-0.05, 0) is 30.5 Å². The van der Waals surface area contributed by atoms with Gasteiger partial charge in [-0.2, -0.15) is 0 Å². The number of rotatable bonds is 6. The molecule has 35 heavy (non-hydrogen) atoms. The Morgan fingerprint density at radius 3 is 2.11 bits per heavy atom. The van der Waals surface area contributed by atoms with Gasteiger partial charge in [-0.3, -0.25) is 4.79 Å². The van der Waals surface area contributed by atoms with E-state index in [2.05, 4.69) is 10.5 Å². The fourth-order valence-electron chi connectivity index (χ4n) is 4.22. The summed E-state index contributed by atoms with van der Waals surface area (Å²) in [5.41, 5.74) is 4.59. The molecule has 9 nitrogen and oxygen atoms in total. The molecule has 0 radical (unpaired) electrons. The highest BCUT2D eigenvalue weighted by Gasteiger charge is 2.54. The van der Waals surface area contributed by atoms with Crippen LogP contribution in [0.1, 0.15) is 18.2 Å². The third-order valence-corrected chi connectivity index (χ3v) is 6.05. The molecule has 0 spiro atoms. The zero-order chi connectivity index (χ0) is 25.6. The molecule has 1 saturated heterocycles. The first-order valence-corrected chi connectivity index (χ1v) is 11.1. The normalized spacial score (nSPS) is 13.7. The first-order chi connectivity index (χ1) is 16.9. The van der Waals surface area contributed by atoms with Crippen molar-refractivity contribution in [1.82, 2.24) is 10.1 Å². The zero-order valence-corrected chi connectivity index (χ0v) is 20.3. The quantitative estimate of drug-likeness (QED) is 0.527. The van der Waals surface area contributed by atoms with Crippen LogP contribution in [0.4, 0.5) is 10.5 Å². The number of aromatic nitrogens is 1. The fourth-order valence-corrected chi connectivity index (χ4v) is 4.22. The second kappa shape index (κ2) is 10.9. The molecular formula is C26H29N3O6. The average Bonchev–Trinajstić information content (AvgIpc) is 3.25. The number of ether oxygens (including phenoxy) is 2. The van der Waals surface area contributed by atoms with Crippen LogP contribution in [0.2, 0.25) is 0 Å². The molecule has 1 aromatic heterocycles. The van der Waals surface area contributed by atoms with Crippen LogP contribution in [0.15, 0.2) is 53.1 Å². The summed E-state index contributed by atoms with van der Waals surface area (Å²) < 4.78 is 15.6. The maximum absolute atomic E-state index is 12.8. The third-order valence-electron chi connectivity index (χ3n) is 6.05. The van der Waals surface area contributed by atoms with Gasteiger partial charge in [-0.1, -0.05) is 53.7 Å². The maximum Gasteiger partial charge on any atom is 0.409 e. The van der Waals surface area contributed by atoms with E-state index in [1.165, 1.54) is 12.0 Å². The minimum absolute atomic E-state index is 0.233. The van der Waals surface area contributed by atoms with Gasteiger partial charge in [0.2, 0.25) is 0 Å². The topological polar surface area (TPSA) is 111 Å². The molecule has 0 bridgehead atoms. The molecule has 9 heteroatoms. The van der Waals surface area contributed by atoms with Crippen molar-refractivity contribution in [3.8, 4) is 22.5 Å². The Morgan fingerprint density at radius 1 is 1.06 bits per heavy atom. The Labute approximate surface area is 204 Å². The molecule has 2 heterocycles. The van der Waals surface area contributed by atoms with Crippen LogP contribution in [0.5, 0.6) is 0 Å². The van der Waals surface area contributed by atoms with Gasteiger partial charge in [0, 0.05) is 25.7 Å². The molecule has 0 unspecified atom stereocenters. The first-order valence-electron chi connectivity index (χ1n) is 11.1. The lowest BCUT2D eigenvalue weighted by molar-refractivity contribution is -0.156. The van der Waals surface area contributed by atoms with Crippen LogP contribution >= 0.6 is 0 Å². The molecule has 0 atom stereocenters. The number of methoxy groups -OCH3 is 1. The number of likely N-dealkylation sites (tertiary alicyclic amines) is 1. The highest BCUT2D eigenvalue weighted by atomic mass is 16.5. The fraction of sp³-hybridized carbons (Fsp3) is 0.308. The molecule has 0 saturated carbocycles. The van der Waals surface area contributed by atoms with E-state index >= 15 is 0 Å². The smallest absolute Gasteiger partial charge is 0.409 e. The monoisotopic (exact) mass is 479 g/mol. The Balaban J connectivity index is 0.00000167. The van der Waals surface area contributed by atoms with Crippen molar-refractivity contribution in [2.45, 2.75) is 19.3 Å². The lowest BCUT2D eigenvalue weighted by atomic mass is 9.73. The SMILES string of the molecule is C=O.CCOC(=O)C1(c2ccc(-c3ccc(-c4onc(C)c4NC)cc3)cc2)CN(C(=O)OC)C1. The highest BCUT2D eigenvalue weighted by molar-refractivity contribution is 5.88. The standard InChI is InChI=1S/C25H27N3O5.CH2O/c1-5-32-23(29)25(14-28(15-25)24(30)31-4)20-12-10-18(11-13-20)17-6-8-19(9-7-17)22-21(26-3)16(2)27-33-22;1-2/h6-13,26H,5,14-15H2,1-4H3;1H2. The van der Waals surface area contributed by atoms with Crippen LogP contribution in [0.3, 0.4) is 0 Å². The number of carbonyl (C=O) groups excluding carboxylic acids is 3. The van der Waals surface area contributed by atoms with E-state index < -0.39 is 11.5 Å². The summed E-state index contributed by atoms with van der Waals surface area (Å²) in [7, 11) is 3.17. The average molecular weight is 480 g/mol. The van der Waals surface area contributed by atoms with Crippen molar-refractivity contribution in [2.75, 3.05) is 39.2 Å². The van der Waals surface area contributed by atoms with Crippen molar-refractivity contribution < 1.29 is 28.4 Å². The largest absolute Gasteiger partial charge is 0.465 e. The number of esters is 1. The molecule has 1 N–H and O–H groups in total. The highest BCUT2D eigenvalue weighted by Crippen LogP contribution is 2.38. The van der Waals surface area contributed by atoms with Crippen molar-refractivity contribution >= 4 is 24.5 Å². The zero-order valence-electron chi connectivity index (χ0n) is 20.3. The molecule has 3 aromatic rings. The number of carbonyl (C=O) groups is 3. The number of amides is 1. The third kappa shape index (κ3) is 4.75. The molecule has 1 aliphatic rings. The molecule has 1 fully saturated rings. The number of aryl methyl sites for hydroxylation is 1. The summed E-state index contributed by atoms with van der Waals surface area (Å²) >= 11 is 0. The van der Waals surface area contributed by atoms with Gasteiger partial charge in [0.05, 0.1) is 13.7 Å². The summed E-state index contributed by atoms with van der Waals surface area (Å²) in [5.74, 6) is 0.373. The molecular weight excluding hydrogens is 450 g/mol. The van der Waals surface area contributed by atoms with Gasteiger partial charge in [0.15, 0.2) is 5.76 Å². The summed E-state index contributed by atoms with van der Waals surface area (Å²) in [6.45, 7) is 6.41. The van der Waals surface area contributed by atoms with Crippen LogP contribution in [-0.2, 0) is 24.5 Å². The Kier molecular flexibility index (Phi) is 7.91.